The van der Waals surface area contributed by atoms with Gasteiger partial charge in [-0.1, -0.05) is 44.9 Å². The molecule has 0 saturated heterocycles. The highest BCUT2D eigenvalue weighted by Crippen LogP contribution is 2.64. The van der Waals surface area contributed by atoms with Crippen LogP contribution in [0.1, 0.15) is 79.1 Å². The Bertz CT molecular complexity index is 614. The smallest absolute Gasteiger partial charge is 0.155 e. The summed E-state index contributed by atoms with van der Waals surface area (Å²) in [4.78, 5) is 21.0. The number of ketones is 1. The van der Waals surface area contributed by atoms with Crippen LogP contribution in [0.4, 0.5) is 0 Å². The van der Waals surface area contributed by atoms with Gasteiger partial charge >= 0.3 is 0 Å². The second-order valence-electron chi connectivity index (χ2n) is 9.13. The van der Waals surface area contributed by atoms with E-state index in [1.165, 1.54) is 31.3 Å². The van der Waals surface area contributed by atoms with Crippen molar-refractivity contribution >= 4 is 12.1 Å². The van der Waals surface area contributed by atoms with Crippen molar-refractivity contribution in [1.82, 2.24) is 0 Å². The van der Waals surface area contributed by atoms with Crippen molar-refractivity contribution in [3.63, 3.8) is 0 Å². The molecule has 2 nitrogen and oxygen atoms in total. The second kappa shape index (κ2) is 6.85. The van der Waals surface area contributed by atoms with Gasteiger partial charge in [-0.3, -0.25) is 4.79 Å². The van der Waals surface area contributed by atoms with Gasteiger partial charge in [0, 0.05) is 12.8 Å². The minimum atomic E-state index is 0.310. The zero-order valence-electron chi connectivity index (χ0n) is 16.4. The standard InChI is InChI=1S/C20H28O.C3H6O/c1-13-4-7-17-16-6-5-14-12-15(21)8-10-20(14,3)18(16)9-11-19(13,17)2;1-2-3-4/h7,12-13,16,18H,4-6,8-11H2,1-3H3;3H,2H2,1H3. The molecule has 4 aliphatic rings. The normalized spacial score (nSPS) is 42.1. The highest BCUT2D eigenvalue weighted by Gasteiger charge is 2.54. The first-order chi connectivity index (χ1) is 11.9. The van der Waals surface area contributed by atoms with E-state index in [1.807, 2.05) is 13.0 Å². The Morgan fingerprint density at radius 2 is 1.88 bits per heavy atom. The molecular weight excluding hydrogens is 308 g/mol. The molecule has 0 aromatic heterocycles. The van der Waals surface area contributed by atoms with Gasteiger partial charge in [0.1, 0.15) is 6.29 Å². The molecule has 25 heavy (non-hydrogen) atoms. The van der Waals surface area contributed by atoms with Gasteiger partial charge in [-0.15, -0.1) is 0 Å². The largest absolute Gasteiger partial charge is 0.303 e. The highest BCUT2D eigenvalue weighted by molar-refractivity contribution is 5.91. The second-order valence-corrected chi connectivity index (χ2v) is 9.13. The van der Waals surface area contributed by atoms with Gasteiger partial charge in [-0.25, -0.2) is 0 Å². The quantitative estimate of drug-likeness (QED) is 0.454. The maximum absolute atomic E-state index is 11.8. The fourth-order valence-electron chi connectivity index (χ4n) is 6.11. The lowest BCUT2D eigenvalue weighted by molar-refractivity contribution is -0.116. The van der Waals surface area contributed by atoms with Crippen molar-refractivity contribution < 1.29 is 9.59 Å². The van der Waals surface area contributed by atoms with E-state index < -0.39 is 0 Å². The van der Waals surface area contributed by atoms with Crippen molar-refractivity contribution in [2.45, 2.75) is 79.1 Å². The van der Waals surface area contributed by atoms with Crippen LogP contribution in [-0.4, -0.2) is 12.1 Å². The highest BCUT2D eigenvalue weighted by atomic mass is 16.1. The van der Waals surface area contributed by atoms with Crippen LogP contribution in [0.2, 0.25) is 0 Å². The first-order valence-corrected chi connectivity index (χ1v) is 10.2. The van der Waals surface area contributed by atoms with Gasteiger partial charge in [-0.2, -0.15) is 0 Å². The van der Waals surface area contributed by atoms with Gasteiger partial charge in [0.25, 0.3) is 0 Å². The number of fused-ring (bicyclic) bond motifs is 5. The van der Waals surface area contributed by atoms with E-state index in [4.69, 9.17) is 0 Å². The summed E-state index contributed by atoms with van der Waals surface area (Å²) in [5, 5.41) is 0. The number of hydrogen-bond donors (Lipinski definition) is 0. The molecule has 5 unspecified atom stereocenters. The topological polar surface area (TPSA) is 34.1 Å². The molecule has 138 valence electrons. The van der Waals surface area contributed by atoms with E-state index in [2.05, 4.69) is 26.8 Å². The number of aldehydes is 1. The Morgan fingerprint density at radius 1 is 1.16 bits per heavy atom. The van der Waals surface area contributed by atoms with E-state index in [0.717, 1.165) is 43.3 Å². The molecule has 5 atom stereocenters. The minimum absolute atomic E-state index is 0.310. The van der Waals surface area contributed by atoms with Crippen molar-refractivity contribution in [3.05, 3.63) is 23.3 Å². The zero-order chi connectivity index (χ0) is 18.2. The van der Waals surface area contributed by atoms with E-state index in [-0.39, 0.29) is 0 Å². The average Bonchev–Trinajstić information content (AvgIpc) is 2.91. The van der Waals surface area contributed by atoms with E-state index in [9.17, 15) is 9.59 Å². The molecule has 0 N–H and O–H groups in total. The van der Waals surface area contributed by atoms with Crippen LogP contribution >= 0.6 is 0 Å². The van der Waals surface area contributed by atoms with Gasteiger partial charge in [0.05, 0.1) is 0 Å². The summed E-state index contributed by atoms with van der Waals surface area (Å²) in [5.41, 5.74) is 4.06. The SMILES string of the molecule is CC1CC=C2C3CCC4=CC(=O)CCC4(C)C3CCC21C.CCC=O. The number of allylic oxidation sites excluding steroid dienone is 4. The zero-order valence-corrected chi connectivity index (χ0v) is 16.4. The Kier molecular flexibility index (Phi) is 5.10. The molecule has 2 fully saturated rings. The van der Waals surface area contributed by atoms with Crippen molar-refractivity contribution in [1.29, 1.82) is 0 Å². The van der Waals surface area contributed by atoms with E-state index in [0.29, 0.717) is 23.0 Å². The van der Waals surface area contributed by atoms with E-state index in [1.54, 1.807) is 5.57 Å². The van der Waals surface area contributed by atoms with Gasteiger partial charge < -0.3 is 4.79 Å². The molecule has 2 saturated carbocycles. The summed E-state index contributed by atoms with van der Waals surface area (Å²) in [7, 11) is 0. The van der Waals surface area contributed by atoms with Crippen LogP contribution in [-0.2, 0) is 9.59 Å². The third-order valence-corrected chi connectivity index (χ3v) is 7.97. The molecule has 0 heterocycles. The number of carbonyl (C=O) groups is 2. The number of carbonyl (C=O) groups excluding carboxylic acids is 2. The third-order valence-electron chi connectivity index (χ3n) is 7.97. The van der Waals surface area contributed by atoms with Crippen molar-refractivity contribution in [3.8, 4) is 0 Å². The summed E-state index contributed by atoms with van der Waals surface area (Å²) in [6.07, 6.45) is 14.4. The summed E-state index contributed by atoms with van der Waals surface area (Å²) in [6, 6.07) is 0. The van der Waals surface area contributed by atoms with Crippen LogP contribution in [0.3, 0.4) is 0 Å². The maximum Gasteiger partial charge on any atom is 0.155 e. The minimum Gasteiger partial charge on any atom is -0.303 e. The summed E-state index contributed by atoms with van der Waals surface area (Å²) in [6.45, 7) is 9.24. The molecule has 4 rings (SSSR count). The lowest BCUT2D eigenvalue weighted by Crippen LogP contribution is -2.47. The van der Waals surface area contributed by atoms with Gasteiger partial charge in [0.2, 0.25) is 0 Å². The van der Waals surface area contributed by atoms with Crippen LogP contribution in [0, 0.1) is 28.6 Å². The van der Waals surface area contributed by atoms with Gasteiger partial charge in [0.15, 0.2) is 5.78 Å². The Hall–Kier alpha value is -1.18. The first-order valence-electron chi connectivity index (χ1n) is 10.2. The molecule has 0 aliphatic heterocycles. The summed E-state index contributed by atoms with van der Waals surface area (Å²) >= 11 is 0. The maximum atomic E-state index is 11.8. The molecule has 0 bridgehead atoms. The molecular formula is C23H34O2. The van der Waals surface area contributed by atoms with Crippen LogP contribution in [0.15, 0.2) is 23.3 Å². The molecule has 4 aliphatic carbocycles. The van der Waals surface area contributed by atoms with Crippen LogP contribution in [0.5, 0.6) is 0 Å². The predicted octanol–water partition coefficient (Wildman–Crippen LogP) is 5.67. The lowest BCUT2D eigenvalue weighted by atomic mass is 9.48. The Balaban J connectivity index is 0.000000415. The lowest BCUT2D eigenvalue weighted by Gasteiger charge is -2.56. The van der Waals surface area contributed by atoms with Gasteiger partial charge in [-0.05, 0) is 73.2 Å². The van der Waals surface area contributed by atoms with Crippen LogP contribution in [0.25, 0.3) is 0 Å². The molecule has 0 amide bonds. The fraction of sp³-hybridized carbons (Fsp3) is 0.739. The molecule has 0 spiro atoms. The van der Waals surface area contributed by atoms with Crippen LogP contribution < -0.4 is 0 Å². The van der Waals surface area contributed by atoms with E-state index >= 15 is 0 Å². The molecule has 0 radical (unpaired) electrons. The Morgan fingerprint density at radius 3 is 2.56 bits per heavy atom. The molecule has 0 aromatic carbocycles. The fourth-order valence-corrected chi connectivity index (χ4v) is 6.11. The summed E-state index contributed by atoms with van der Waals surface area (Å²) < 4.78 is 0. The monoisotopic (exact) mass is 342 g/mol. The number of hydrogen-bond acceptors (Lipinski definition) is 2. The third kappa shape index (κ3) is 2.96. The molecule has 0 aromatic rings. The average molecular weight is 343 g/mol. The molecule has 2 heteroatoms. The van der Waals surface area contributed by atoms with Crippen molar-refractivity contribution in [2.24, 2.45) is 28.6 Å². The first kappa shape index (κ1) is 18.6. The summed E-state index contributed by atoms with van der Waals surface area (Å²) in [5.74, 6) is 2.78. The number of rotatable bonds is 1. The van der Waals surface area contributed by atoms with Crippen molar-refractivity contribution in [2.75, 3.05) is 0 Å². The predicted molar refractivity (Wildman–Crippen MR) is 102 cm³/mol. The Labute approximate surface area is 153 Å².